The van der Waals surface area contributed by atoms with Crippen molar-refractivity contribution in [2.75, 3.05) is 19.0 Å². The number of methoxy groups -OCH3 is 1. The number of anilines is 1. The lowest BCUT2D eigenvalue weighted by Gasteiger charge is -2.24. The average molecular weight is 248 g/mol. The molecule has 0 aromatic heterocycles. The first-order valence-electron chi connectivity index (χ1n) is 6.07. The van der Waals surface area contributed by atoms with E-state index in [1.807, 2.05) is 6.92 Å². The topological polar surface area (TPSA) is 65.3 Å². The van der Waals surface area contributed by atoms with Gasteiger partial charge in [-0.15, -0.1) is 0 Å². The van der Waals surface area contributed by atoms with Gasteiger partial charge in [0.1, 0.15) is 11.8 Å². The monoisotopic (exact) mass is 248 g/mol. The smallest absolute Gasteiger partial charge is 0.121 e. The molecule has 0 aliphatic heterocycles. The summed E-state index contributed by atoms with van der Waals surface area (Å²) < 4.78 is 5.12. The lowest BCUT2D eigenvalue weighted by Crippen LogP contribution is -2.33. The Hall–Kier alpha value is -1.73. The number of hydrogen-bond acceptors (Lipinski definition) is 4. The van der Waals surface area contributed by atoms with Crippen molar-refractivity contribution < 1.29 is 9.84 Å². The fraction of sp³-hybridized carbons (Fsp3) is 0.500. The van der Waals surface area contributed by atoms with E-state index >= 15 is 0 Å². The number of ether oxygens (including phenoxy) is 1. The van der Waals surface area contributed by atoms with Gasteiger partial charge in [0.25, 0.3) is 0 Å². The standard InChI is InChI=1S/C14H20N2O2/c1-4-7-14(2,17)10-16-13-8-12(18-3)6-5-11(13)9-15/h5-6,8,16-17H,4,7,10H2,1-3H3. The van der Waals surface area contributed by atoms with Crippen molar-refractivity contribution in [3.05, 3.63) is 23.8 Å². The molecule has 4 heteroatoms. The van der Waals surface area contributed by atoms with E-state index in [0.29, 0.717) is 30.0 Å². The van der Waals surface area contributed by atoms with Crippen LogP contribution in [0.3, 0.4) is 0 Å². The highest BCUT2D eigenvalue weighted by atomic mass is 16.5. The van der Waals surface area contributed by atoms with Crippen LogP contribution in [0.15, 0.2) is 18.2 Å². The third-order valence-electron chi connectivity index (χ3n) is 2.80. The van der Waals surface area contributed by atoms with Gasteiger partial charge < -0.3 is 15.2 Å². The molecule has 0 saturated carbocycles. The highest BCUT2D eigenvalue weighted by Crippen LogP contribution is 2.23. The Morgan fingerprint density at radius 3 is 2.78 bits per heavy atom. The van der Waals surface area contributed by atoms with E-state index in [-0.39, 0.29) is 0 Å². The summed E-state index contributed by atoms with van der Waals surface area (Å²) in [5.41, 5.74) is 0.459. The van der Waals surface area contributed by atoms with Gasteiger partial charge in [0.05, 0.1) is 24.0 Å². The lowest BCUT2D eigenvalue weighted by atomic mass is 10.0. The van der Waals surface area contributed by atoms with E-state index in [1.165, 1.54) is 0 Å². The van der Waals surface area contributed by atoms with Crippen LogP contribution in [0.25, 0.3) is 0 Å². The van der Waals surface area contributed by atoms with Gasteiger partial charge in [-0.3, -0.25) is 0 Å². The first-order chi connectivity index (χ1) is 8.52. The van der Waals surface area contributed by atoms with Crippen molar-refractivity contribution in [3.8, 4) is 11.8 Å². The van der Waals surface area contributed by atoms with Gasteiger partial charge in [-0.25, -0.2) is 0 Å². The summed E-state index contributed by atoms with van der Waals surface area (Å²) in [5.74, 6) is 0.687. The van der Waals surface area contributed by atoms with Crippen molar-refractivity contribution in [2.45, 2.75) is 32.3 Å². The van der Waals surface area contributed by atoms with E-state index in [9.17, 15) is 5.11 Å². The summed E-state index contributed by atoms with van der Waals surface area (Å²) in [5, 5.41) is 22.2. The quantitative estimate of drug-likeness (QED) is 0.812. The molecule has 1 aromatic carbocycles. The second-order valence-electron chi connectivity index (χ2n) is 4.62. The minimum absolute atomic E-state index is 0.405. The van der Waals surface area contributed by atoms with E-state index in [1.54, 1.807) is 32.2 Å². The summed E-state index contributed by atoms with van der Waals surface area (Å²) >= 11 is 0. The van der Waals surface area contributed by atoms with E-state index in [0.717, 1.165) is 6.42 Å². The van der Waals surface area contributed by atoms with Gasteiger partial charge in [0.15, 0.2) is 0 Å². The number of rotatable bonds is 6. The van der Waals surface area contributed by atoms with Gasteiger partial charge in [0, 0.05) is 12.6 Å². The highest BCUT2D eigenvalue weighted by Gasteiger charge is 2.19. The van der Waals surface area contributed by atoms with Crippen molar-refractivity contribution in [1.82, 2.24) is 0 Å². The molecular weight excluding hydrogens is 228 g/mol. The van der Waals surface area contributed by atoms with Gasteiger partial charge in [0.2, 0.25) is 0 Å². The average Bonchev–Trinajstić information content (AvgIpc) is 2.36. The van der Waals surface area contributed by atoms with Crippen molar-refractivity contribution in [2.24, 2.45) is 0 Å². The van der Waals surface area contributed by atoms with Gasteiger partial charge >= 0.3 is 0 Å². The van der Waals surface area contributed by atoms with Crippen LogP contribution in [-0.2, 0) is 0 Å². The zero-order chi connectivity index (χ0) is 13.6. The zero-order valence-corrected chi connectivity index (χ0v) is 11.2. The van der Waals surface area contributed by atoms with Crippen LogP contribution in [-0.4, -0.2) is 24.4 Å². The molecule has 1 unspecified atom stereocenters. The molecule has 98 valence electrons. The van der Waals surface area contributed by atoms with Gasteiger partial charge in [-0.2, -0.15) is 5.26 Å². The number of nitrogens with one attached hydrogen (secondary N) is 1. The fourth-order valence-corrected chi connectivity index (χ4v) is 1.81. The summed E-state index contributed by atoms with van der Waals surface area (Å²) in [4.78, 5) is 0. The van der Waals surface area contributed by atoms with E-state index in [4.69, 9.17) is 10.00 Å². The Morgan fingerprint density at radius 2 is 2.22 bits per heavy atom. The molecule has 18 heavy (non-hydrogen) atoms. The number of hydrogen-bond donors (Lipinski definition) is 2. The normalized spacial score (nSPS) is 13.5. The second kappa shape index (κ2) is 6.27. The maximum absolute atomic E-state index is 10.1. The SMILES string of the molecule is CCCC(C)(O)CNc1cc(OC)ccc1C#N. The van der Waals surface area contributed by atoms with Crippen LogP contribution < -0.4 is 10.1 Å². The van der Waals surface area contributed by atoms with Crippen LogP contribution >= 0.6 is 0 Å². The van der Waals surface area contributed by atoms with Crippen molar-refractivity contribution >= 4 is 5.69 Å². The molecule has 0 saturated heterocycles. The first kappa shape index (κ1) is 14.3. The first-order valence-corrected chi connectivity index (χ1v) is 6.07. The molecule has 0 radical (unpaired) electrons. The molecular formula is C14H20N2O2. The molecule has 0 amide bonds. The van der Waals surface area contributed by atoms with Crippen LogP contribution in [0.1, 0.15) is 32.3 Å². The summed E-state index contributed by atoms with van der Waals surface area (Å²) in [6, 6.07) is 7.33. The molecule has 1 aromatic rings. The summed E-state index contributed by atoms with van der Waals surface area (Å²) in [6.45, 7) is 4.22. The maximum Gasteiger partial charge on any atom is 0.121 e. The minimum atomic E-state index is -0.773. The van der Waals surface area contributed by atoms with Crippen LogP contribution in [0.4, 0.5) is 5.69 Å². The molecule has 0 fully saturated rings. The molecule has 2 N–H and O–H groups in total. The Balaban J connectivity index is 2.80. The molecule has 1 rings (SSSR count). The summed E-state index contributed by atoms with van der Waals surface area (Å²) in [6.07, 6.45) is 1.63. The second-order valence-corrected chi connectivity index (χ2v) is 4.62. The number of nitrogens with zero attached hydrogens (tertiary/aromatic N) is 1. The van der Waals surface area contributed by atoms with Gasteiger partial charge in [-0.1, -0.05) is 13.3 Å². The lowest BCUT2D eigenvalue weighted by molar-refractivity contribution is 0.0637. The van der Waals surface area contributed by atoms with Crippen molar-refractivity contribution in [1.29, 1.82) is 5.26 Å². The van der Waals surface area contributed by atoms with Crippen LogP contribution in [0, 0.1) is 11.3 Å². The number of nitriles is 1. The molecule has 1 atom stereocenters. The van der Waals surface area contributed by atoms with E-state index < -0.39 is 5.60 Å². The molecule has 0 spiro atoms. The predicted molar refractivity (Wildman–Crippen MR) is 71.7 cm³/mol. The number of benzene rings is 1. The highest BCUT2D eigenvalue weighted by molar-refractivity contribution is 5.60. The fourth-order valence-electron chi connectivity index (χ4n) is 1.81. The minimum Gasteiger partial charge on any atom is -0.497 e. The molecule has 0 aliphatic rings. The maximum atomic E-state index is 10.1. The zero-order valence-electron chi connectivity index (χ0n) is 11.2. The van der Waals surface area contributed by atoms with Crippen LogP contribution in [0.2, 0.25) is 0 Å². The largest absolute Gasteiger partial charge is 0.497 e. The molecule has 0 aliphatic carbocycles. The Morgan fingerprint density at radius 1 is 1.50 bits per heavy atom. The third-order valence-corrected chi connectivity index (χ3v) is 2.80. The Labute approximate surface area is 108 Å². The third kappa shape index (κ3) is 3.94. The van der Waals surface area contributed by atoms with Crippen molar-refractivity contribution in [3.63, 3.8) is 0 Å². The predicted octanol–water partition coefficient (Wildman–Crippen LogP) is 2.53. The Bertz CT molecular complexity index is 436. The number of aliphatic hydroxyl groups is 1. The van der Waals surface area contributed by atoms with Gasteiger partial charge in [-0.05, 0) is 25.5 Å². The molecule has 4 nitrogen and oxygen atoms in total. The molecule has 0 heterocycles. The van der Waals surface area contributed by atoms with Crippen LogP contribution in [0.5, 0.6) is 5.75 Å². The van der Waals surface area contributed by atoms with E-state index in [2.05, 4.69) is 11.4 Å². The Kier molecular flexibility index (Phi) is 4.99. The molecule has 0 bridgehead atoms. The summed E-state index contributed by atoms with van der Waals surface area (Å²) in [7, 11) is 1.58.